The van der Waals surface area contributed by atoms with Gasteiger partial charge in [0, 0.05) is 16.8 Å². The van der Waals surface area contributed by atoms with Crippen LogP contribution in [0.3, 0.4) is 0 Å². The van der Waals surface area contributed by atoms with Gasteiger partial charge in [-0.3, -0.25) is 0 Å². The maximum Gasteiger partial charge on any atom is 0.127 e. The number of ether oxygens (including phenoxy) is 2. The van der Waals surface area contributed by atoms with Crippen LogP contribution in [-0.2, 0) is 5.41 Å². The van der Waals surface area contributed by atoms with E-state index in [-0.39, 0.29) is 5.41 Å². The van der Waals surface area contributed by atoms with Gasteiger partial charge in [-0.15, -0.1) is 0 Å². The topological polar surface area (TPSA) is 70.5 Å². The van der Waals surface area contributed by atoms with Gasteiger partial charge in [-0.1, -0.05) is 76.1 Å². The summed E-state index contributed by atoms with van der Waals surface area (Å²) in [5, 5.41) is 0. The van der Waals surface area contributed by atoms with E-state index >= 15 is 0 Å². The Balaban J connectivity index is 1.17. The predicted octanol–water partition coefficient (Wildman–Crippen LogP) is 10.9. The zero-order valence-electron chi connectivity index (χ0n) is 26.2. The summed E-state index contributed by atoms with van der Waals surface area (Å²) in [7, 11) is 0. The summed E-state index contributed by atoms with van der Waals surface area (Å²) in [4.78, 5) is 0. The summed E-state index contributed by atoms with van der Waals surface area (Å²) < 4.78 is 12.3. The Hall–Kier alpha value is -3.92. The zero-order valence-corrected chi connectivity index (χ0v) is 26.2. The molecule has 44 heavy (non-hydrogen) atoms. The largest absolute Gasteiger partial charge is 0.457 e. The highest BCUT2D eigenvalue weighted by Crippen LogP contribution is 2.49. The average Bonchev–Trinajstić information content (AvgIpc) is 3.07. The van der Waals surface area contributed by atoms with E-state index < -0.39 is 0 Å². The molecule has 0 unspecified atom stereocenters. The van der Waals surface area contributed by atoms with Crippen molar-refractivity contribution in [1.29, 1.82) is 0 Å². The summed E-state index contributed by atoms with van der Waals surface area (Å²) in [6, 6.07) is 32.7. The Morgan fingerprint density at radius 2 is 0.841 bits per heavy atom. The first kappa shape index (κ1) is 30.1. The quantitative estimate of drug-likeness (QED) is 0.181. The molecule has 2 aliphatic carbocycles. The highest BCUT2D eigenvalue weighted by Gasteiger charge is 2.38. The van der Waals surface area contributed by atoms with Gasteiger partial charge in [0.2, 0.25) is 0 Å². The molecule has 0 heterocycles. The summed E-state index contributed by atoms with van der Waals surface area (Å²) in [6.07, 6.45) is 14.8. The molecule has 6 rings (SSSR count). The summed E-state index contributed by atoms with van der Waals surface area (Å²) in [6.45, 7) is 2.36. The number of nitrogens with two attached hydrogens (primary N) is 2. The maximum atomic E-state index is 6.13. The Morgan fingerprint density at radius 1 is 0.500 bits per heavy atom. The third-order valence-electron chi connectivity index (χ3n) is 10.5. The van der Waals surface area contributed by atoms with Crippen molar-refractivity contribution in [3.63, 3.8) is 0 Å². The van der Waals surface area contributed by atoms with Gasteiger partial charge >= 0.3 is 0 Å². The van der Waals surface area contributed by atoms with Crippen LogP contribution in [0, 0.1) is 17.8 Å². The van der Waals surface area contributed by atoms with Crippen molar-refractivity contribution in [2.45, 2.75) is 83.0 Å². The van der Waals surface area contributed by atoms with Gasteiger partial charge in [0.05, 0.1) is 0 Å². The van der Waals surface area contributed by atoms with Gasteiger partial charge in [0.15, 0.2) is 0 Å². The van der Waals surface area contributed by atoms with Gasteiger partial charge < -0.3 is 20.9 Å². The number of benzene rings is 4. The number of rotatable bonds is 10. The molecular weight excluding hydrogens is 540 g/mol. The molecule has 4 aromatic carbocycles. The number of hydrogen-bond donors (Lipinski definition) is 2. The molecular formula is C40H48N2O2. The van der Waals surface area contributed by atoms with Crippen LogP contribution in [-0.4, -0.2) is 0 Å². The molecule has 0 aliphatic heterocycles. The zero-order chi connectivity index (χ0) is 30.4. The van der Waals surface area contributed by atoms with Gasteiger partial charge in [-0.2, -0.15) is 0 Å². The second kappa shape index (κ2) is 13.8. The van der Waals surface area contributed by atoms with Gasteiger partial charge in [-0.25, -0.2) is 0 Å². The predicted molar refractivity (Wildman–Crippen MR) is 182 cm³/mol. The van der Waals surface area contributed by atoms with Crippen molar-refractivity contribution >= 4 is 11.4 Å². The van der Waals surface area contributed by atoms with Crippen LogP contribution < -0.4 is 20.9 Å². The lowest BCUT2D eigenvalue weighted by molar-refractivity contribution is 0.212. The Kier molecular flexibility index (Phi) is 9.45. The smallest absolute Gasteiger partial charge is 0.127 e. The molecule has 4 N–H and O–H groups in total. The van der Waals surface area contributed by atoms with E-state index in [4.69, 9.17) is 20.9 Å². The molecule has 4 aromatic rings. The molecule has 2 fully saturated rings. The summed E-state index contributed by atoms with van der Waals surface area (Å²) >= 11 is 0. The van der Waals surface area contributed by atoms with Crippen molar-refractivity contribution in [1.82, 2.24) is 0 Å². The maximum absolute atomic E-state index is 6.13. The van der Waals surface area contributed by atoms with E-state index in [1.807, 2.05) is 48.5 Å². The molecule has 0 saturated heterocycles. The minimum atomic E-state index is -0.0187. The first-order valence-electron chi connectivity index (χ1n) is 16.8. The molecule has 0 spiro atoms. The van der Waals surface area contributed by atoms with Crippen molar-refractivity contribution in [3.05, 3.63) is 108 Å². The van der Waals surface area contributed by atoms with E-state index in [1.54, 1.807) is 0 Å². The fraction of sp³-hybridized carbons (Fsp3) is 0.400. The Morgan fingerprint density at radius 3 is 1.23 bits per heavy atom. The first-order chi connectivity index (χ1) is 21.5. The SMILES string of the molecule is CCC1CCC(CCC2CCC(c3ccc(Oc4ccc(N)cc4)cc3)(c3ccc(Oc4ccc(N)cc4)cc3)CC2)CC1. The second-order valence-electron chi connectivity index (χ2n) is 13.3. The summed E-state index contributed by atoms with van der Waals surface area (Å²) in [5.74, 6) is 6.02. The van der Waals surface area contributed by atoms with Crippen LogP contribution in [0.2, 0.25) is 0 Å². The molecule has 0 bridgehead atoms. The third kappa shape index (κ3) is 7.23. The van der Waals surface area contributed by atoms with Crippen molar-refractivity contribution in [2.24, 2.45) is 17.8 Å². The minimum Gasteiger partial charge on any atom is -0.457 e. The average molecular weight is 589 g/mol. The first-order valence-corrected chi connectivity index (χ1v) is 16.8. The second-order valence-corrected chi connectivity index (χ2v) is 13.3. The van der Waals surface area contributed by atoms with Crippen LogP contribution in [0.25, 0.3) is 0 Å². The molecule has 0 radical (unpaired) electrons. The van der Waals surface area contributed by atoms with Gasteiger partial charge in [0.1, 0.15) is 23.0 Å². The molecule has 2 saturated carbocycles. The molecule has 2 aliphatic rings. The van der Waals surface area contributed by atoms with Crippen LogP contribution in [0.1, 0.15) is 88.7 Å². The highest BCUT2D eigenvalue weighted by atomic mass is 16.5. The van der Waals surface area contributed by atoms with Gasteiger partial charge in [-0.05, 0) is 127 Å². The number of anilines is 2. The van der Waals surface area contributed by atoms with E-state index in [2.05, 4.69) is 55.5 Å². The van der Waals surface area contributed by atoms with Crippen LogP contribution in [0.5, 0.6) is 23.0 Å². The van der Waals surface area contributed by atoms with Crippen molar-refractivity contribution < 1.29 is 9.47 Å². The molecule has 0 atom stereocenters. The van der Waals surface area contributed by atoms with Crippen LogP contribution in [0.15, 0.2) is 97.1 Å². The number of nitrogen functional groups attached to an aromatic ring is 2. The van der Waals surface area contributed by atoms with E-state index in [1.165, 1.54) is 68.9 Å². The van der Waals surface area contributed by atoms with E-state index in [0.29, 0.717) is 0 Å². The lowest BCUT2D eigenvalue weighted by atomic mass is 9.62. The fourth-order valence-electron chi connectivity index (χ4n) is 7.63. The lowest BCUT2D eigenvalue weighted by Crippen LogP contribution is -2.33. The van der Waals surface area contributed by atoms with Crippen LogP contribution >= 0.6 is 0 Å². The molecule has 0 amide bonds. The van der Waals surface area contributed by atoms with Crippen molar-refractivity contribution in [3.8, 4) is 23.0 Å². The van der Waals surface area contributed by atoms with E-state index in [0.717, 1.165) is 65.0 Å². The summed E-state index contributed by atoms with van der Waals surface area (Å²) in [5.41, 5.74) is 15.9. The molecule has 230 valence electrons. The molecule has 0 aromatic heterocycles. The third-order valence-corrected chi connectivity index (χ3v) is 10.5. The normalized spacial score (nSPS) is 20.2. The number of hydrogen-bond acceptors (Lipinski definition) is 4. The monoisotopic (exact) mass is 588 g/mol. The highest BCUT2D eigenvalue weighted by molar-refractivity contribution is 5.47. The van der Waals surface area contributed by atoms with Crippen LogP contribution in [0.4, 0.5) is 11.4 Å². The molecule has 4 heteroatoms. The van der Waals surface area contributed by atoms with Crippen molar-refractivity contribution in [2.75, 3.05) is 11.5 Å². The molecule has 4 nitrogen and oxygen atoms in total. The lowest BCUT2D eigenvalue weighted by Gasteiger charge is -2.42. The minimum absolute atomic E-state index is 0.0187. The Bertz CT molecular complexity index is 1350. The fourth-order valence-corrected chi connectivity index (χ4v) is 7.63. The van der Waals surface area contributed by atoms with E-state index in [9.17, 15) is 0 Å². The standard InChI is InChI=1S/C40H48N2O2/c1-2-29-3-5-30(6-4-29)7-8-31-25-27-40(28-26-31,32-9-17-36(18-10-32)43-38-21-13-34(41)14-22-38)33-11-19-37(20-12-33)44-39-23-15-35(42)16-24-39/h9-24,29-31H,2-8,25-28,41-42H2,1H3. The Labute approximate surface area is 263 Å². The van der Waals surface area contributed by atoms with Gasteiger partial charge in [0.25, 0.3) is 0 Å².